The predicted molar refractivity (Wildman–Crippen MR) is 351 cm³/mol. The fourth-order valence-corrected chi connectivity index (χ4v) is 15.7. The molecule has 11 rings (SSSR count). The second kappa shape index (κ2) is 28.4. The standard InChI is InChI=1S/C70H91F2N11O7S/c1-8-52-55(71)26-23-47-33-51(84)34-53(58(47)52)60-59(72)61-54(35-74-60)64(81-37-48-24-25-49(38-81)77-48)80-67(79-61)90-40-70-28-17-31-83(70)50(27-29-70)39-89-68(88)73-30-16-14-12-10-9-11-13-15-18-57(85)78-63(69(5,6)7)66(87)82-36-42(2)32-56(82)65(86)76-43(3)45-19-21-46(22-20-45)62-44(4)75-41-91-62/h19-23,26,33-35,41-43,48-50,56,63,77,84H,8-18,24-25,27-32,36-40H2,1-7H3,(H,73,88)(H,76,86)(H,78,85)/t42-,43+,48?,49?,50-,56+,63-,70?/m1/s1. The number of unbranched alkanes of at least 4 members (excludes halogenated alkanes) is 7. The molecule has 0 spiro atoms. The lowest BCUT2D eigenvalue weighted by molar-refractivity contribution is -0.144. The summed E-state index contributed by atoms with van der Waals surface area (Å²) in [4.78, 5) is 80.6. The number of fused-ring (bicyclic) bond motifs is 5. The molecule has 3 aromatic carbocycles. The van der Waals surface area contributed by atoms with E-state index in [4.69, 9.17) is 19.4 Å². The van der Waals surface area contributed by atoms with Crippen LogP contribution in [0.3, 0.4) is 0 Å². The molecule has 0 aliphatic carbocycles. The highest BCUT2D eigenvalue weighted by molar-refractivity contribution is 7.13. The second-order valence-electron chi connectivity index (χ2n) is 27.5. The van der Waals surface area contributed by atoms with Gasteiger partial charge in [0.15, 0.2) is 5.82 Å². The molecular formula is C70H91F2N11O7S. The van der Waals surface area contributed by atoms with Crippen molar-refractivity contribution in [2.45, 2.75) is 199 Å². The Morgan fingerprint density at radius 3 is 2.35 bits per heavy atom. The number of likely N-dealkylation sites (tertiary alicyclic amines) is 1. The molecule has 18 nitrogen and oxygen atoms in total. The lowest BCUT2D eigenvalue weighted by Crippen LogP contribution is -2.57. The van der Waals surface area contributed by atoms with E-state index in [9.17, 15) is 24.3 Å². The molecule has 3 unspecified atom stereocenters. The number of piperazine rings is 1. The lowest BCUT2D eigenvalue weighted by atomic mass is 9.85. The van der Waals surface area contributed by atoms with E-state index in [0.717, 1.165) is 118 Å². The van der Waals surface area contributed by atoms with Crippen molar-refractivity contribution in [3.8, 4) is 33.5 Å². The van der Waals surface area contributed by atoms with Crippen LogP contribution in [0.5, 0.6) is 11.8 Å². The second-order valence-corrected chi connectivity index (χ2v) is 28.3. The molecular weight excluding hydrogens is 1180 g/mol. The number of carbonyl (C=O) groups excluding carboxylic acids is 4. The summed E-state index contributed by atoms with van der Waals surface area (Å²) in [6.45, 7) is 17.4. The molecule has 6 aromatic rings. The summed E-state index contributed by atoms with van der Waals surface area (Å²) in [6.07, 6.45) is 15.6. The molecule has 4 amide bonds. The van der Waals surface area contributed by atoms with Crippen molar-refractivity contribution in [3.63, 3.8) is 0 Å². The number of aryl methyl sites for hydroxylation is 2. The van der Waals surface area contributed by atoms with E-state index in [-0.39, 0.29) is 95.1 Å². The number of nitrogens with zero attached hydrogens (tertiary/aromatic N) is 7. The summed E-state index contributed by atoms with van der Waals surface area (Å²) in [6, 6.07) is 13.1. The summed E-state index contributed by atoms with van der Waals surface area (Å²) >= 11 is 1.60. The van der Waals surface area contributed by atoms with Crippen molar-refractivity contribution >= 4 is 62.6 Å². The first-order valence-electron chi connectivity index (χ1n) is 33.3. The summed E-state index contributed by atoms with van der Waals surface area (Å²) in [5, 5.41) is 25.2. The van der Waals surface area contributed by atoms with Gasteiger partial charge in [0, 0.05) is 62.5 Å². The number of alkyl carbamates (subject to hydrolysis) is 1. The Morgan fingerprint density at radius 2 is 1.64 bits per heavy atom. The molecule has 8 heterocycles. The van der Waals surface area contributed by atoms with Crippen LogP contribution >= 0.6 is 11.3 Å². The van der Waals surface area contributed by atoms with Gasteiger partial charge in [-0.2, -0.15) is 9.97 Å². The quantitative estimate of drug-likeness (QED) is 0.0337. The number of phenols is 1. The smallest absolute Gasteiger partial charge is 0.407 e. The van der Waals surface area contributed by atoms with E-state index < -0.39 is 35.2 Å². The first-order chi connectivity index (χ1) is 43.8. The third-order valence-electron chi connectivity index (χ3n) is 19.7. The van der Waals surface area contributed by atoms with Gasteiger partial charge in [0.2, 0.25) is 17.7 Å². The van der Waals surface area contributed by atoms with Crippen molar-refractivity contribution in [1.29, 1.82) is 0 Å². The SMILES string of the molecule is CCc1c(F)ccc2cc(O)cc(-c3ncc4c(N5CC6CCC(C5)N6)nc(OCC56CCCN5[C@@H](COC(=O)NCCCCCCCCCCC(=O)N[C@H](C(=O)N5C[C@H](C)C[C@H]5C(=O)N[C@@H](C)c5ccc(-c7scnc7C)cc5)C(C)(C)C)CC6)nc4c3F)c12. The first kappa shape index (κ1) is 65.4. The maximum atomic E-state index is 17.3. The molecule has 3 aromatic heterocycles. The van der Waals surface area contributed by atoms with E-state index in [2.05, 4.69) is 60.1 Å². The van der Waals surface area contributed by atoms with Gasteiger partial charge in [-0.15, -0.1) is 11.3 Å². The molecule has 0 radical (unpaired) electrons. The van der Waals surface area contributed by atoms with Crippen molar-refractivity contribution in [1.82, 2.24) is 51.0 Å². The number of halogens is 2. The van der Waals surface area contributed by atoms with E-state index in [1.54, 1.807) is 34.6 Å². The van der Waals surface area contributed by atoms with Crippen LogP contribution in [0.25, 0.3) is 43.4 Å². The van der Waals surface area contributed by atoms with Crippen molar-refractivity contribution in [3.05, 3.63) is 88.7 Å². The predicted octanol–water partition coefficient (Wildman–Crippen LogP) is 12.0. The maximum Gasteiger partial charge on any atom is 0.407 e. The van der Waals surface area contributed by atoms with Crippen molar-refractivity contribution in [2.24, 2.45) is 11.3 Å². The average molecular weight is 1270 g/mol. The third kappa shape index (κ3) is 14.7. The largest absolute Gasteiger partial charge is 0.508 e. The van der Waals surface area contributed by atoms with Crippen LogP contribution in [0.4, 0.5) is 19.4 Å². The minimum atomic E-state index is -0.771. The van der Waals surface area contributed by atoms with Gasteiger partial charge < -0.3 is 45.6 Å². The lowest BCUT2D eigenvalue weighted by Gasteiger charge is -2.35. The fraction of sp³-hybridized carbons (Fsp3) is 0.571. The number of pyridine rings is 1. The van der Waals surface area contributed by atoms with Crippen LogP contribution in [-0.2, 0) is 25.5 Å². The number of thiazole rings is 1. The number of amides is 4. The van der Waals surface area contributed by atoms with E-state index >= 15 is 8.78 Å². The molecule has 2 bridgehead atoms. The van der Waals surface area contributed by atoms with Crippen LogP contribution in [0.15, 0.2) is 60.2 Å². The van der Waals surface area contributed by atoms with Crippen LogP contribution in [0, 0.1) is 29.9 Å². The highest BCUT2D eigenvalue weighted by Gasteiger charge is 2.51. The highest BCUT2D eigenvalue weighted by atomic mass is 32.1. The Morgan fingerprint density at radius 1 is 0.901 bits per heavy atom. The van der Waals surface area contributed by atoms with Crippen LogP contribution in [-0.4, -0.2) is 140 Å². The van der Waals surface area contributed by atoms with Gasteiger partial charge in [0.25, 0.3) is 0 Å². The van der Waals surface area contributed by atoms with Crippen molar-refractivity contribution < 1.29 is 42.5 Å². The van der Waals surface area contributed by atoms with Gasteiger partial charge in [0.05, 0.1) is 33.0 Å². The minimum absolute atomic E-state index is 0.0182. The van der Waals surface area contributed by atoms with Gasteiger partial charge in [0.1, 0.15) is 53.9 Å². The summed E-state index contributed by atoms with van der Waals surface area (Å²) in [5.74, 6) is -1.07. The Balaban J connectivity index is 0.595. The fourth-order valence-electron chi connectivity index (χ4n) is 14.9. The summed E-state index contributed by atoms with van der Waals surface area (Å²) in [7, 11) is 0. The van der Waals surface area contributed by atoms with Gasteiger partial charge in [-0.3, -0.25) is 24.3 Å². The summed E-state index contributed by atoms with van der Waals surface area (Å²) in [5.41, 5.74) is 4.68. The summed E-state index contributed by atoms with van der Waals surface area (Å²) < 4.78 is 45.0. The van der Waals surface area contributed by atoms with E-state index in [0.29, 0.717) is 73.0 Å². The Kier molecular flexibility index (Phi) is 20.4. The number of carbonyl (C=O) groups is 4. The maximum absolute atomic E-state index is 17.3. The number of hydrogen-bond acceptors (Lipinski definition) is 15. The first-order valence-corrected chi connectivity index (χ1v) is 34.2. The number of anilines is 1. The Hall–Kier alpha value is -7.10. The van der Waals surface area contributed by atoms with Crippen LogP contribution in [0.2, 0.25) is 0 Å². The molecule has 8 atom stereocenters. The van der Waals surface area contributed by atoms with Gasteiger partial charge >= 0.3 is 12.1 Å². The molecule has 91 heavy (non-hydrogen) atoms. The molecule has 488 valence electrons. The van der Waals surface area contributed by atoms with Gasteiger partial charge in [-0.1, -0.05) is 103 Å². The van der Waals surface area contributed by atoms with Crippen LogP contribution in [0.1, 0.15) is 167 Å². The zero-order valence-corrected chi connectivity index (χ0v) is 54.8. The molecule has 0 saturated carbocycles. The number of phenolic OH excluding ortho intramolecular Hbond substituents is 1. The molecule has 5 N–H and O–H groups in total. The van der Waals surface area contributed by atoms with Crippen molar-refractivity contribution in [2.75, 3.05) is 50.8 Å². The number of rotatable bonds is 25. The average Bonchev–Trinajstić information content (AvgIpc) is 1.47. The number of benzene rings is 3. The zero-order chi connectivity index (χ0) is 64.1. The molecule has 5 fully saturated rings. The molecule has 5 saturated heterocycles. The number of ether oxygens (including phenoxy) is 2. The Labute approximate surface area is 537 Å². The van der Waals surface area contributed by atoms with E-state index in [1.165, 1.54) is 12.1 Å². The number of aromatic nitrogens is 4. The van der Waals surface area contributed by atoms with Gasteiger partial charge in [-0.25, -0.2) is 18.6 Å². The molecule has 5 aliphatic rings. The third-order valence-corrected chi connectivity index (χ3v) is 20.7. The molecule has 5 aliphatic heterocycles. The monoisotopic (exact) mass is 1270 g/mol. The number of nitrogens with one attached hydrogen (secondary N) is 4. The minimum Gasteiger partial charge on any atom is -0.508 e. The number of hydrogen-bond donors (Lipinski definition) is 5. The highest BCUT2D eigenvalue weighted by Crippen LogP contribution is 2.44. The molecule has 21 heteroatoms. The topological polar surface area (TPSA) is 216 Å². The van der Waals surface area contributed by atoms with Crippen LogP contribution < -0.4 is 30.9 Å². The normalized spacial score (nSPS) is 22.1. The van der Waals surface area contributed by atoms with Gasteiger partial charge in [-0.05, 0) is 142 Å². The zero-order valence-electron chi connectivity index (χ0n) is 54.0. The Bertz CT molecular complexity index is 3590. The number of aromatic hydroxyl groups is 1. The van der Waals surface area contributed by atoms with E-state index in [1.807, 2.05) is 59.2 Å².